The highest BCUT2D eigenvalue weighted by molar-refractivity contribution is 4.87. The Balaban J connectivity index is 3.63. The summed E-state index contributed by atoms with van der Waals surface area (Å²) in [5, 5.41) is 17.1. The van der Waals surface area contributed by atoms with E-state index in [1.807, 2.05) is 0 Å². The summed E-state index contributed by atoms with van der Waals surface area (Å²) >= 11 is 0. The molecule has 0 fully saturated rings. The Hall–Kier alpha value is -0.380. The smallest absolute Gasteiger partial charge is 0.0499 e. The minimum atomic E-state index is -0.306. The summed E-state index contributed by atoms with van der Waals surface area (Å²) < 4.78 is 0. The van der Waals surface area contributed by atoms with E-state index in [1.165, 1.54) is 6.08 Å². The lowest BCUT2D eigenvalue weighted by atomic mass is 10.0. The van der Waals surface area contributed by atoms with Gasteiger partial charge in [0.05, 0.1) is 0 Å². The summed E-state index contributed by atoms with van der Waals surface area (Å²) in [6.45, 7) is 3.24. The van der Waals surface area contributed by atoms with Gasteiger partial charge in [-0.3, -0.25) is 0 Å². The fourth-order valence-electron chi connectivity index (χ4n) is 0.494. The molecule has 0 heterocycles. The Morgan fingerprint density at radius 3 is 2.00 bits per heavy atom. The molecule has 0 rings (SSSR count). The van der Waals surface area contributed by atoms with Gasteiger partial charge in [0.2, 0.25) is 0 Å². The van der Waals surface area contributed by atoms with E-state index >= 15 is 0 Å². The molecule has 0 aliphatic rings. The first kappa shape index (κ1) is 8.62. The number of aliphatic hydroxyl groups excluding tert-OH is 2. The van der Waals surface area contributed by atoms with E-state index in [4.69, 9.17) is 15.9 Å². The summed E-state index contributed by atoms with van der Waals surface area (Å²) in [5.74, 6) is -0.262. The molecule has 1 unspecified atom stereocenters. The second-order valence-corrected chi connectivity index (χ2v) is 1.94. The minimum absolute atomic E-state index is 0.0936. The van der Waals surface area contributed by atoms with Crippen LogP contribution in [0.3, 0.4) is 0 Å². The van der Waals surface area contributed by atoms with E-state index in [2.05, 4.69) is 6.58 Å². The number of hydrogen-bond donors (Lipinski definition) is 3. The molecule has 0 aromatic rings. The van der Waals surface area contributed by atoms with Gasteiger partial charge in [0, 0.05) is 25.2 Å². The fraction of sp³-hybridized carbons (Fsp3) is 0.667. The first-order valence-electron chi connectivity index (χ1n) is 2.86. The topological polar surface area (TPSA) is 66.5 Å². The average Bonchev–Trinajstić information content (AvgIpc) is 1.90. The van der Waals surface area contributed by atoms with E-state index in [0.29, 0.717) is 0 Å². The van der Waals surface area contributed by atoms with Crippen molar-refractivity contribution in [1.29, 1.82) is 0 Å². The van der Waals surface area contributed by atoms with Crippen molar-refractivity contribution in [2.45, 2.75) is 6.04 Å². The Morgan fingerprint density at radius 2 is 1.89 bits per heavy atom. The zero-order valence-corrected chi connectivity index (χ0v) is 5.33. The molecule has 0 amide bonds. The number of nitrogens with two attached hydrogens (primary N) is 1. The van der Waals surface area contributed by atoms with Gasteiger partial charge in [-0.1, -0.05) is 6.08 Å². The SMILES string of the molecule is C=CC(N)C(CO)CO. The second-order valence-electron chi connectivity index (χ2n) is 1.94. The lowest BCUT2D eigenvalue weighted by Gasteiger charge is -2.14. The van der Waals surface area contributed by atoms with Gasteiger partial charge >= 0.3 is 0 Å². The van der Waals surface area contributed by atoms with E-state index in [9.17, 15) is 0 Å². The third-order valence-electron chi connectivity index (χ3n) is 1.29. The van der Waals surface area contributed by atoms with Crippen LogP contribution in [0.25, 0.3) is 0 Å². The van der Waals surface area contributed by atoms with Crippen LogP contribution < -0.4 is 5.73 Å². The van der Waals surface area contributed by atoms with E-state index < -0.39 is 0 Å². The van der Waals surface area contributed by atoms with Crippen molar-refractivity contribution in [3.05, 3.63) is 12.7 Å². The molecule has 9 heavy (non-hydrogen) atoms. The van der Waals surface area contributed by atoms with Gasteiger partial charge in [0.15, 0.2) is 0 Å². The number of hydrogen-bond acceptors (Lipinski definition) is 3. The maximum atomic E-state index is 8.54. The molecule has 0 aliphatic carbocycles. The molecule has 0 aromatic heterocycles. The average molecular weight is 131 g/mol. The molecule has 0 aliphatic heterocycles. The fourth-order valence-corrected chi connectivity index (χ4v) is 0.494. The van der Waals surface area contributed by atoms with Gasteiger partial charge in [-0.15, -0.1) is 6.58 Å². The highest BCUT2D eigenvalue weighted by Gasteiger charge is 2.11. The van der Waals surface area contributed by atoms with Crippen molar-refractivity contribution in [1.82, 2.24) is 0 Å². The van der Waals surface area contributed by atoms with Crippen LogP contribution in [0.1, 0.15) is 0 Å². The van der Waals surface area contributed by atoms with Crippen molar-refractivity contribution in [2.75, 3.05) is 13.2 Å². The van der Waals surface area contributed by atoms with Crippen molar-refractivity contribution in [3.8, 4) is 0 Å². The van der Waals surface area contributed by atoms with Crippen molar-refractivity contribution in [2.24, 2.45) is 11.7 Å². The molecule has 1 atom stereocenters. The van der Waals surface area contributed by atoms with Crippen molar-refractivity contribution in [3.63, 3.8) is 0 Å². The monoisotopic (exact) mass is 131 g/mol. The quantitative estimate of drug-likeness (QED) is 0.433. The van der Waals surface area contributed by atoms with Gasteiger partial charge < -0.3 is 15.9 Å². The summed E-state index contributed by atoms with van der Waals surface area (Å²) in [5.41, 5.74) is 5.40. The summed E-state index contributed by atoms with van der Waals surface area (Å²) in [7, 11) is 0. The van der Waals surface area contributed by atoms with Gasteiger partial charge in [-0.05, 0) is 0 Å². The lowest BCUT2D eigenvalue weighted by molar-refractivity contribution is 0.141. The molecular weight excluding hydrogens is 118 g/mol. The van der Waals surface area contributed by atoms with E-state index in [0.717, 1.165) is 0 Å². The zero-order valence-electron chi connectivity index (χ0n) is 5.33. The molecule has 0 saturated carbocycles. The lowest BCUT2D eigenvalue weighted by Crippen LogP contribution is -2.32. The predicted octanol–water partition coefficient (Wildman–Crippen LogP) is -0.899. The van der Waals surface area contributed by atoms with Crippen LogP contribution in [-0.2, 0) is 0 Å². The van der Waals surface area contributed by atoms with Crippen LogP contribution in [0.5, 0.6) is 0 Å². The second kappa shape index (κ2) is 4.49. The molecule has 0 bridgehead atoms. The van der Waals surface area contributed by atoms with Gasteiger partial charge in [-0.2, -0.15) is 0 Å². The normalized spacial score (nSPS) is 13.8. The van der Waals surface area contributed by atoms with E-state index in [-0.39, 0.29) is 25.2 Å². The maximum Gasteiger partial charge on any atom is 0.0499 e. The third kappa shape index (κ3) is 2.60. The zero-order chi connectivity index (χ0) is 7.28. The molecule has 4 N–H and O–H groups in total. The van der Waals surface area contributed by atoms with Crippen LogP contribution >= 0.6 is 0 Å². The first-order valence-corrected chi connectivity index (χ1v) is 2.86. The molecule has 0 saturated heterocycles. The maximum absolute atomic E-state index is 8.54. The van der Waals surface area contributed by atoms with E-state index in [1.54, 1.807) is 0 Å². The summed E-state index contributed by atoms with van der Waals surface area (Å²) in [4.78, 5) is 0. The molecule has 0 radical (unpaired) electrons. The van der Waals surface area contributed by atoms with Crippen LogP contribution in [-0.4, -0.2) is 29.5 Å². The van der Waals surface area contributed by atoms with Gasteiger partial charge in [-0.25, -0.2) is 0 Å². The molecular formula is C6H13NO2. The van der Waals surface area contributed by atoms with Crippen molar-refractivity contribution < 1.29 is 10.2 Å². The van der Waals surface area contributed by atoms with Crippen LogP contribution in [0.4, 0.5) is 0 Å². The number of aliphatic hydroxyl groups is 2. The highest BCUT2D eigenvalue weighted by Crippen LogP contribution is 1.98. The third-order valence-corrected chi connectivity index (χ3v) is 1.29. The van der Waals surface area contributed by atoms with Gasteiger partial charge in [0.25, 0.3) is 0 Å². The minimum Gasteiger partial charge on any atom is -0.396 e. The first-order chi connectivity index (χ1) is 4.26. The Morgan fingerprint density at radius 1 is 1.44 bits per heavy atom. The van der Waals surface area contributed by atoms with Crippen molar-refractivity contribution >= 4 is 0 Å². The number of rotatable bonds is 4. The van der Waals surface area contributed by atoms with Crippen LogP contribution in [0.15, 0.2) is 12.7 Å². The summed E-state index contributed by atoms with van der Waals surface area (Å²) in [6, 6.07) is -0.306. The standard InChI is InChI=1S/C6H13NO2/c1-2-6(7)5(3-8)4-9/h2,5-6,8-9H,1,3-4,7H2. The molecule has 0 aromatic carbocycles. The van der Waals surface area contributed by atoms with Crippen LogP contribution in [0, 0.1) is 5.92 Å². The summed E-state index contributed by atoms with van der Waals surface area (Å²) in [6.07, 6.45) is 1.51. The molecule has 3 heteroatoms. The Labute approximate surface area is 54.8 Å². The molecule has 54 valence electrons. The Bertz CT molecular complexity index is 81.1. The Kier molecular flexibility index (Phi) is 4.30. The predicted molar refractivity (Wildman–Crippen MR) is 35.8 cm³/mol. The largest absolute Gasteiger partial charge is 0.396 e. The van der Waals surface area contributed by atoms with Gasteiger partial charge in [0.1, 0.15) is 0 Å². The molecule has 0 spiro atoms. The molecule has 3 nitrogen and oxygen atoms in total. The highest BCUT2D eigenvalue weighted by atomic mass is 16.3. The van der Waals surface area contributed by atoms with Crippen LogP contribution in [0.2, 0.25) is 0 Å².